The number of rotatable bonds is 5. The summed E-state index contributed by atoms with van der Waals surface area (Å²) in [6.45, 7) is 9.62. The van der Waals surface area contributed by atoms with Gasteiger partial charge < -0.3 is 19.4 Å². The standard InChI is InChI=1S/C13H24N4O2/c1-13(2,3)14-7-11-15-16-12(19-11)17-6-5-10(8-17)9-18-4/h10,14H,5-9H2,1-4H3. The molecule has 1 N–H and O–H groups in total. The van der Waals surface area contributed by atoms with Gasteiger partial charge in [-0.25, -0.2) is 0 Å². The number of anilines is 1. The van der Waals surface area contributed by atoms with Crippen molar-refractivity contribution in [2.24, 2.45) is 5.92 Å². The minimum Gasteiger partial charge on any atom is -0.407 e. The highest BCUT2D eigenvalue weighted by Gasteiger charge is 2.26. The van der Waals surface area contributed by atoms with Crippen molar-refractivity contribution >= 4 is 6.01 Å². The summed E-state index contributed by atoms with van der Waals surface area (Å²) < 4.78 is 10.9. The van der Waals surface area contributed by atoms with Crippen LogP contribution in [0.5, 0.6) is 0 Å². The molecule has 6 heteroatoms. The van der Waals surface area contributed by atoms with Gasteiger partial charge in [-0.1, -0.05) is 5.10 Å². The van der Waals surface area contributed by atoms with Crippen molar-refractivity contribution in [1.82, 2.24) is 15.5 Å². The van der Waals surface area contributed by atoms with E-state index in [4.69, 9.17) is 9.15 Å². The van der Waals surface area contributed by atoms with E-state index in [0.29, 0.717) is 24.4 Å². The summed E-state index contributed by atoms with van der Waals surface area (Å²) in [6, 6.07) is 0.629. The van der Waals surface area contributed by atoms with Crippen molar-refractivity contribution < 1.29 is 9.15 Å². The number of methoxy groups -OCH3 is 1. The molecule has 108 valence electrons. The number of hydrogen-bond acceptors (Lipinski definition) is 6. The fourth-order valence-electron chi connectivity index (χ4n) is 2.16. The smallest absolute Gasteiger partial charge is 0.318 e. The summed E-state index contributed by atoms with van der Waals surface area (Å²) in [5.41, 5.74) is 0.0475. The van der Waals surface area contributed by atoms with Gasteiger partial charge in [0, 0.05) is 31.7 Å². The number of aromatic nitrogens is 2. The van der Waals surface area contributed by atoms with Crippen LogP contribution in [-0.2, 0) is 11.3 Å². The van der Waals surface area contributed by atoms with Crippen LogP contribution in [0.4, 0.5) is 6.01 Å². The molecule has 2 rings (SSSR count). The summed E-state index contributed by atoms with van der Waals surface area (Å²) in [5, 5.41) is 11.5. The van der Waals surface area contributed by atoms with Gasteiger partial charge in [-0.3, -0.25) is 0 Å². The van der Waals surface area contributed by atoms with Crippen molar-refractivity contribution in [3.8, 4) is 0 Å². The number of nitrogens with zero attached hydrogens (tertiary/aromatic N) is 3. The van der Waals surface area contributed by atoms with E-state index in [1.54, 1.807) is 7.11 Å². The molecule has 19 heavy (non-hydrogen) atoms. The minimum absolute atomic E-state index is 0.0475. The Bertz CT molecular complexity index is 400. The summed E-state index contributed by atoms with van der Waals surface area (Å²) in [7, 11) is 1.74. The highest BCUT2D eigenvalue weighted by molar-refractivity contribution is 5.26. The molecule has 1 fully saturated rings. The monoisotopic (exact) mass is 268 g/mol. The molecule has 1 unspecified atom stereocenters. The third kappa shape index (κ3) is 4.18. The van der Waals surface area contributed by atoms with Gasteiger partial charge in [-0.15, -0.1) is 5.10 Å². The van der Waals surface area contributed by atoms with E-state index >= 15 is 0 Å². The van der Waals surface area contributed by atoms with Crippen LogP contribution in [0.3, 0.4) is 0 Å². The molecule has 0 radical (unpaired) electrons. The van der Waals surface area contributed by atoms with Gasteiger partial charge in [0.1, 0.15) is 0 Å². The molecule has 1 aliphatic heterocycles. The molecule has 0 spiro atoms. The van der Waals surface area contributed by atoms with Gasteiger partial charge in [0.25, 0.3) is 0 Å². The van der Waals surface area contributed by atoms with E-state index in [-0.39, 0.29) is 5.54 Å². The van der Waals surface area contributed by atoms with Crippen LogP contribution in [0.25, 0.3) is 0 Å². The van der Waals surface area contributed by atoms with Crippen molar-refractivity contribution in [2.75, 3.05) is 31.7 Å². The molecular formula is C13H24N4O2. The zero-order valence-corrected chi connectivity index (χ0v) is 12.3. The largest absolute Gasteiger partial charge is 0.407 e. The third-order valence-corrected chi connectivity index (χ3v) is 3.18. The topological polar surface area (TPSA) is 63.4 Å². The average molecular weight is 268 g/mol. The molecular weight excluding hydrogens is 244 g/mol. The van der Waals surface area contributed by atoms with Gasteiger partial charge in [0.05, 0.1) is 13.2 Å². The summed E-state index contributed by atoms with van der Waals surface area (Å²) in [4.78, 5) is 2.14. The highest BCUT2D eigenvalue weighted by atomic mass is 16.5. The lowest BCUT2D eigenvalue weighted by atomic mass is 10.1. The average Bonchev–Trinajstić information content (AvgIpc) is 2.93. The van der Waals surface area contributed by atoms with Gasteiger partial charge >= 0.3 is 6.01 Å². The lowest BCUT2D eigenvalue weighted by Gasteiger charge is -2.18. The number of hydrogen-bond donors (Lipinski definition) is 1. The molecule has 2 heterocycles. The lowest BCUT2D eigenvalue weighted by molar-refractivity contribution is 0.160. The van der Waals surface area contributed by atoms with E-state index in [9.17, 15) is 0 Å². The second-order valence-electron chi connectivity index (χ2n) is 6.14. The Kier molecular flexibility index (Phi) is 4.42. The van der Waals surface area contributed by atoms with Gasteiger partial charge in [-0.2, -0.15) is 0 Å². The molecule has 1 aliphatic rings. The Labute approximate surface area is 114 Å². The van der Waals surface area contributed by atoms with Crippen molar-refractivity contribution in [1.29, 1.82) is 0 Å². The van der Waals surface area contributed by atoms with E-state index in [2.05, 4.69) is 41.2 Å². The Morgan fingerprint density at radius 2 is 2.21 bits per heavy atom. The fourth-order valence-corrected chi connectivity index (χ4v) is 2.16. The molecule has 1 saturated heterocycles. The van der Waals surface area contributed by atoms with Crippen LogP contribution in [0.15, 0.2) is 4.42 Å². The minimum atomic E-state index is 0.0475. The van der Waals surface area contributed by atoms with Crippen LogP contribution in [0.2, 0.25) is 0 Å². The molecule has 0 aromatic carbocycles. The lowest BCUT2D eigenvalue weighted by Crippen LogP contribution is -2.35. The van der Waals surface area contributed by atoms with E-state index in [0.717, 1.165) is 26.1 Å². The predicted octanol–water partition coefficient (Wildman–Crippen LogP) is 1.43. The summed E-state index contributed by atoms with van der Waals surface area (Å²) >= 11 is 0. The van der Waals surface area contributed by atoms with Crippen LogP contribution in [0, 0.1) is 5.92 Å². The molecule has 1 aromatic heterocycles. The fraction of sp³-hybridized carbons (Fsp3) is 0.846. The molecule has 1 atom stereocenters. The Morgan fingerprint density at radius 1 is 1.42 bits per heavy atom. The maximum Gasteiger partial charge on any atom is 0.318 e. The van der Waals surface area contributed by atoms with Gasteiger partial charge in [0.2, 0.25) is 5.89 Å². The highest BCUT2D eigenvalue weighted by Crippen LogP contribution is 2.22. The number of nitrogens with one attached hydrogen (secondary N) is 1. The van der Waals surface area contributed by atoms with E-state index in [1.165, 1.54) is 0 Å². The van der Waals surface area contributed by atoms with Crippen molar-refractivity contribution in [2.45, 2.75) is 39.3 Å². The summed E-state index contributed by atoms with van der Waals surface area (Å²) in [6.07, 6.45) is 1.12. The van der Waals surface area contributed by atoms with Crippen LogP contribution < -0.4 is 10.2 Å². The first-order valence-corrected chi connectivity index (χ1v) is 6.79. The zero-order chi connectivity index (χ0) is 13.9. The SMILES string of the molecule is COCC1CCN(c2nnc(CNC(C)(C)C)o2)C1. The van der Waals surface area contributed by atoms with E-state index < -0.39 is 0 Å². The molecule has 0 aliphatic carbocycles. The Morgan fingerprint density at radius 3 is 2.89 bits per heavy atom. The van der Waals surface area contributed by atoms with Crippen LogP contribution >= 0.6 is 0 Å². The summed E-state index contributed by atoms with van der Waals surface area (Å²) in [5.74, 6) is 1.20. The predicted molar refractivity (Wildman–Crippen MR) is 73.1 cm³/mol. The maximum absolute atomic E-state index is 5.69. The molecule has 1 aromatic rings. The molecule has 0 bridgehead atoms. The first-order valence-electron chi connectivity index (χ1n) is 6.79. The Hall–Kier alpha value is -1.14. The quantitative estimate of drug-likeness (QED) is 0.871. The van der Waals surface area contributed by atoms with Crippen molar-refractivity contribution in [3.63, 3.8) is 0 Å². The molecule has 0 amide bonds. The third-order valence-electron chi connectivity index (χ3n) is 3.18. The van der Waals surface area contributed by atoms with Gasteiger partial charge in [0.15, 0.2) is 0 Å². The second kappa shape index (κ2) is 5.88. The normalized spacial score (nSPS) is 20.2. The Balaban J connectivity index is 1.87. The van der Waals surface area contributed by atoms with E-state index in [1.807, 2.05) is 0 Å². The van der Waals surface area contributed by atoms with Crippen LogP contribution in [0.1, 0.15) is 33.1 Å². The molecule has 6 nitrogen and oxygen atoms in total. The first-order chi connectivity index (χ1) is 8.98. The number of ether oxygens (including phenoxy) is 1. The first kappa shape index (κ1) is 14.3. The van der Waals surface area contributed by atoms with Crippen molar-refractivity contribution in [3.05, 3.63) is 5.89 Å². The second-order valence-corrected chi connectivity index (χ2v) is 6.14. The van der Waals surface area contributed by atoms with Gasteiger partial charge in [-0.05, 0) is 27.2 Å². The molecule has 0 saturated carbocycles. The zero-order valence-electron chi connectivity index (χ0n) is 12.3. The maximum atomic E-state index is 5.69. The van der Waals surface area contributed by atoms with Crippen LogP contribution in [-0.4, -0.2) is 42.5 Å².